The number of hydrogen-bond acceptors (Lipinski definition) is 6. The van der Waals surface area contributed by atoms with Crippen LogP contribution in [0.2, 0.25) is 0 Å². The van der Waals surface area contributed by atoms with E-state index in [2.05, 4.69) is 0 Å². The van der Waals surface area contributed by atoms with Crippen molar-refractivity contribution in [1.29, 1.82) is 0 Å². The lowest BCUT2D eigenvalue weighted by molar-refractivity contribution is -0.217. The molecule has 0 aliphatic carbocycles. The predicted molar refractivity (Wildman–Crippen MR) is 154 cm³/mol. The van der Waals surface area contributed by atoms with Crippen LogP contribution in [0, 0.1) is 0 Å². The number of carboxylic acid groups (broad SMARTS) is 2. The van der Waals surface area contributed by atoms with Gasteiger partial charge in [-0.15, -0.1) is 0 Å². The fourth-order valence-electron chi connectivity index (χ4n) is 4.31. The molecule has 5 rings (SSSR count). The fourth-order valence-corrected chi connectivity index (χ4v) is 4.31. The highest BCUT2D eigenvalue weighted by Gasteiger charge is 2.20. The van der Waals surface area contributed by atoms with Crippen LogP contribution in [0.25, 0.3) is 22.3 Å². The zero-order chi connectivity index (χ0) is 29.5. The molecule has 0 aromatic heterocycles. The van der Waals surface area contributed by atoms with Crippen molar-refractivity contribution in [3.05, 3.63) is 144 Å². The first-order valence-electron chi connectivity index (χ1n) is 12.8. The molecule has 0 aliphatic rings. The highest BCUT2D eigenvalue weighted by Crippen LogP contribution is 2.26. The van der Waals surface area contributed by atoms with Gasteiger partial charge in [0.2, 0.25) is 0 Å². The van der Waals surface area contributed by atoms with Crippen LogP contribution in [0.5, 0.6) is 11.5 Å². The normalized spacial score (nSPS) is 10.6. The van der Waals surface area contributed by atoms with Gasteiger partial charge in [0.1, 0.15) is 12.4 Å². The van der Waals surface area contributed by atoms with E-state index >= 15 is 0 Å². The predicted octanol–water partition coefficient (Wildman–Crippen LogP) is 7.15. The van der Waals surface area contributed by atoms with Gasteiger partial charge in [-0.05, 0) is 70.3 Å². The van der Waals surface area contributed by atoms with Crippen LogP contribution in [0.15, 0.2) is 121 Å². The van der Waals surface area contributed by atoms with Crippen molar-refractivity contribution in [3.8, 4) is 33.8 Å². The molecule has 0 fully saturated rings. The Morgan fingerprint density at radius 3 is 1.62 bits per heavy atom. The van der Waals surface area contributed by atoms with E-state index in [1.54, 1.807) is 18.2 Å². The van der Waals surface area contributed by atoms with Crippen molar-refractivity contribution < 1.29 is 39.1 Å². The smallest absolute Gasteiger partial charge is 0.344 e. The van der Waals surface area contributed by atoms with Crippen LogP contribution in [-0.2, 0) is 11.5 Å². The Balaban J connectivity index is 1.21. The second kappa shape index (κ2) is 12.6. The van der Waals surface area contributed by atoms with E-state index in [0.29, 0.717) is 11.1 Å². The van der Waals surface area contributed by atoms with Crippen molar-refractivity contribution in [2.75, 3.05) is 0 Å². The maximum absolute atomic E-state index is 12.8. The molecule has 0 saturated carbocycles. The SMILES string of the molecule is O=C(O)c1cc(-c2ccccc2)ccc1COOc1ccc(OC(=O)c2ccc(-c3ccccc3)cc2C(=O)O)cc1. The minimum Gasteiger partial charge on any atom is -0.478 e. The van der Waals surface area contributed by atoms with Crippen LogP contribution in [0.3, 0.4) is 0 Å². The van der Waals surface area contributed by atoms with E-state index in [1.807, 2.05) is 66.7 Å². The number of carbonyl (C=O) groups is 3. The van der Waals surface area contributed by atoms with E-state index in [0.717, 1.165) is 16.7 Å². The van der Waals surface area contributed by atoms with Crippen molar-refractivity contribution >= 4 is 17.9 Å². The highest BCUT2D eigenvalue weighted by molar-refractivity contribution is 6.04. The van der Waals surface area contributed by atoms with Gasteiger partial charge in [-0.25, -0.2) is 14.4 Å². The molecule has 8 heteroatoms. The van der Waals surface area contributed by atoms with E-state index < -0.39 is 17.9 Å². The van der Waals surface area contributed by atoms with E-state index in [-0.39, 0.29) is 34.8 Å². The topological polar surface area (TPSA) is 119 Å². The number of esters is 1. The number of ether oxygens (including phenoxy) is 1. The lowest BCUT2D eigenvalue weighted by Crippen LogP contribution is -2.14. The Kier molecular flexibility index (Phi) is 8.37. The van der Waals surface area contributed by atoms with Gasteiger partial charge >= 0.3 is 17.9 Å². The summed E-state index contributed by atoms with van der Waals surface area (Å²) in [5, 5.41) is 19.4. The Bertz CT molecular complexity index is 1730. The first kappa shape index (κ1) is 27.8. The van der Waals surface area contributed by atoms with Gasteiger partial charge in [-0.3, -0.25) is 0 Å². The molecule has 0 heterocycles. The van der Waals surface area contributed by atoms with E-state index in [4.69, 9.17) is 14.5 Å². The van der Waals surface area contributed by atoms with Crippen LogP contribution in [-0.4, -0.2) is 28.1 Å². The van der Waals surface area contributed by atoms with Gasteiger partial charge in [0.05, 0.1) is 16.7 Å². The molecule has 8 nitrogen and oxygen atoms in total. The molecule has 0 bridgehead atoms. The van der Waals surface area contributed by atoms with Gasteiger partial charge in [-0.1, -0.05) is 78.9 Å². The molecule has 42 heavy (non-hydrogen) atoms. The maximum atomic E-state index is 12.8. The molecule has 0 unspecified atom stereocenters. The summed E-state index contributed by atoms with van der Waals surface area (Å²) in [6, 6.07) is 34.2. The third-order valence-corrected chi connectivity index (χ3v) is 6.43. The number of rotatable bonds is 10. The molecule has 0 spiro atoms. The Hall–Kier alpha value is -5.73. The summed E-state index contributed by atoms with van der Waals surface area (Å²) in [5.74, 6) is -2.71. The van der Waals surface area contributed by atoms with Crippen molar-refractivity contribution in [2.45, 2.75) is 6.61 Å². The van der Waals surface area contributed by atoms with Gasteiger partial charge in [0.15, 0.2) is 5.75 Å². The van der Waals surface area contributed by atoms with Gasteiger partial charge in [0.25, 0.3) is 0 Å². The number of benzene rings is 5. The Morgan fingerprint density at radius 2 is 1.05 bits per heavy atom. The standard InChI is InChI=1S/C34H24O8/c35-32(36)30-19-24(22-7-3-1-4-8-22)11-12-26(30)21-40-42-28-16-14-27(15-17-28)41-34(39)29-18-13-25(20-31(29)33(37)38)23-9-5-2-6-10-23/h1-20H,21H2,(H,35,36)(H,37,38). The molecular weight excluding hydrogens is 536 g/mol. The Labute approximate surface area is 240 Å². The number of carboxylic acids is 2. The second-order valence-corrected chi connectivity index (χ2v) is 9.18. The van der Waals surface area contributed by atoms with E-state index in [1.165, 1.54) is 36.4 Å². The summed E-state index contributed by atoms with van der Waals surface area (Å²) in [5.41, 5.74) is 3.42. The average molecular weight is 561 g/mol. The van der Waals surface area contributed by atoms with Crippen molar-refractivity contribution in [3.63, 3.8) is 0 Å². The van der Waals surface area contributed by atoms with E-state index in [9.17, 15) is 24.6 Å². The molecule has 0 atom stereocenters. The molecule has 0 saturated heterocycles. The third kappa shape index (κ3) is 6.52. The summed E-state index contributed by atoms with van der Waals surface area (Å²) >= 11 is 0. The monoisotopic (exact) mass is 560 g/mol. The first-order chi connectivity index (χ1) is 20.4. The molecule has 5 aromatic rings. The van der Waals surface area contributed by atoms with Crippen LogP contribution >= 0.6 is 0 Å². The minimum absolute atomic E-state index is 0.0849. The molecule has 2 N–H and O–H groups in total. The van der Waals surface area contributed by atoms with Gasteiger partial charge in [0, 0.05) is 0 Å². The molecule has 0 aliphatic heterocycles. The Morgan fingerprint density at radius 1 is 0.524 bits per heavy atom. The number of carbonyl (C=O) groups excluding carboxylic acids is 1. The molecular formula is C34H24O8. The van der Waals surface area contributed by atoms with Gasteiger partial charge in [-0.2, -0.15) is 4.89 Å². The number of hydrogen-bond donors (Lipinski definition) is 2. The van der Waals surface area contributed by atoms with Crippen LogP contribution < -0.4 is 9.62 Å². The second-order valence-electron chi connectivity index (χ2n) is 9.18. The lowest BCUT2D eigenvalue weighted by atomic mass is 9.99. The van der Waals surface area contributed by atoms with Crippen molar-refractivity contribution in [2.24, 2.45) is 0 Å². The zero-order valence-electron chi connectivity index (χ0n) is 22.1. The third-order valence-electron chi connectivity index (χ3n) is 6.43. The zero-order valence-corrected chi connectivity index (χ0v) is 22.1. The minimum atomic E-state index is -1.25. The first-order valence-corrected chi connectivity index (χ1v) is 12.8. The van der Waals surface area contributed by atoms with Gasteiger partial charge < -0.3 is 19.8 Å². The van der Waals surface area contributed by atoms with Crippen molar-refractivity contribution in [1.82, 2.24) is 0 Å². The molecule has 208 valence electrons. The average Bonchev–Trinajstić information content (AvgIpc) is 3.02. The fraction of sp³-hybridized carbons (Fsp3) is 0.0294. The summed E-state index contributed by atoms with van der Waals surface area (Å²) in [6.45, 7) is -0.121. The highest BCUT2D eigenvalue weighted by atomic mass is 17.2. The van der Waals surface area contributed by atoms with Crippen LogP contribution in [0.1, 0.15) is 36.6 Å². The summed E-state index contributed by atoms with van der Waals surface area (Å²) in [4.78, 5) is 47.1. The number of aromatic carboxylic acids is 2. The largest absolute Gasteiger partial charge is 0.478 e. The van der Waals surface area contributed by atoms with Crippen LogP contribution in [0.4, 0.5) is 0 Å². The summed E-state index contributed by atoms with van der Waals surface area (Å²) in [6.07, 6.45) is 0. The maximum Gasteiger partial charge on any atom is 0.344 e. The summed E-state index contributed by atoms with van der Waals surface area (Å²) in [7, 11) is 0. The molecule has 5 aromatic carbocycles. The quantitative estimate of drug-likeness (QED) is 0.0800. The summed E-state index contributed by atoms with van der Waals surface area (Å²) < 4.78 is 5.39. The molecule has 0 amide bonds. The lowest BCUT2D eigenvalue weighted by Gasteiger charge is -2.11. The molecule has 0 radical (unpaired) electrons.